The summed E-state index contributed by atoms with van der Waals surface area (Å²) >= 11 is 0. The molecular formula is C12H10MgO4. The number of hydrogen-bond acceptors (Lipinski definition) is 4. The second-order valence-electron chi connectivity index (χ2n) is 3.22. The Morgan fingerprint density at radius 3 is 1.35 bits per heavy atom. The normalized spacial score (nSPS) is 15.3. The zero-order valence-corrected chi connectivity index (χ0v) is 10.6. The third kappa shape index (κ3) is 5.51. The van der Waals surface area contributed by atoms with E-state index in [-0.39, 0.29) is 23.1 Å². The van der Waals surface area contributed by atoms with E-state index in [0.717, 1.165) is 0 Å². The van der Waals surface area contributed by atoms with Gasteiger partial charge in [0.15, 0.2) is 0 Å². The van der Waals surface area contributed by atoms with E-state index < -0.39 is 11.9 Å². The van der Waals surface area contributed by atoms with Crippen LogP contribution in [0.25, 0.3) is 0 Å². The van der Waals surface area contributed by atoms with E-state index >= 15 is 0 Å². The molecule has 0 N–H and O–H groups in total. The Kier molecular flexibility index (Phi) is 7.24. The van der Waals surface area contributed by atoms with Crippen LogP contribution in [0.5, 0.6) is 0 Å². The molecule has 0 fully saturated rings. The van der Waals surface area contributed by atoms with Crippen molar-refractivity contribution in [2.24, 2.45) is 0 Å². The van der Waals surface area contributed by atoms with Crippen molar-refractivity contribution < 1.29 is 19.8 Å². The van der Waals surface area contributed by atoms with Gasteiger partial charge < -0.3 is 19.8 Å². The van der Waals surface area contributed by atoms with Crippen molar-refractivity contribution in [2.75, 3.05) is 0 Å². The number of carbonyl (C=O) groups excluding carboxylic acids is 2. The van der Waals surface area contributed by atoms with Crippen LogP contribution in [-0.2, 0) is 9.59 Å². The molecule has 0 saturated carbocycles. The van der Waals surface area contributed by atoms with Gasteiger partial charge in [-0.3, -0.25) is 0 Å². The molecule has 2 aliphatic rings. The SMILES string of the molecule is O=C([O-])C1=CC=CC1.O=C([O-])C1=CC=CC1.[Mg+2]. The van der Waals surface area contributed by atoms with Crippen LogP contribution in [0.4, 0.5) is 0 Å². The molecular weight excluding hydrogens is 232 g/mol. The van der Waals surface area contributed by atoms with Crippen LogP contribution in [0, 0.1) is 0 Å². The summed E-state index contributed by atoms with van der Waals surface area (Å²) in [5, 5.41) is 20.0. The molecule has 0 bridgehead atoms. The number of carboxylic acid groups (broad SMARTS) is 2. The summed E-state index contributed by atoms with van der Waals surface area (Å²) in [7, 11) is 0. The molecule has 4 nitrogen and oxygen atoms in total. The first-order valence-corrected chi connectivity index (χ1v) is 4.75. The molecule has 17 heavy (non-hydrogen) atoms. The average Bonchev–Trinajstić information content (AvgIpc) is 2.93. The van der Waals surface area contributed by atoms with Crippen molar-refractivity contribution in [2.45, 2.75) is 12.8 Å². The summed E-state index contributed by atoms with van der Waals surface area (Å²) in [5.41, 5.74) is 0.731. The monoisotopic (exact) mass is 242 g/mol. The van der Waals surface area contributed by atoms with Gasteiger partial charge in [0, 0.05) is 0 Å². The van der Waals surface area contributed by atoms with Gasteiger partial charge in [-0.25, -0.2) is 0 Å². The Morgan fingerprint density at radius 1 is 0.882 bits per heavy atom. The average molecular weight is 243 g/mol. The number of carboxylic acids is 2. The van der Waals surface area contributed by atoms with Crippen molar-refractivity contribution in [3.8, 4) is 0 Å². The van der Waals surface area contributed by atoms with E-state index in [4.69, 9.17) is 0 Å². The fraction of sp³-hybridized carbons (Fsp3) is 0.167. The number of aliphatic carboxylic acids is 2. The van der Waals surface area contributed by atoms with Crippen LogP contribution < -0.4 is 10.2 Å². The van der Waals surface area contributed by atoms with E-state index in [1.165, 1.54) is 0 Å². The zero-order chi connectivity index (χ0) is 12.0. The molecule has 0 saturated heterocycles. The van der Waals surface area contributed by atoms with Gasteiger partial charge >= 0.3 is 23.1 Å². The number of carbonyl (C=O) groups is 2. The van der Waals surface area contributed by atoms with Crippen LogP contribution in [0.2, 0.25) is 0 Å². The predicted octanol–water partition coefficient (Wildman–Crippen LogP) is -1.14. The smallest absolute Gasteiger partial charge is 0.545 e. The quantitative estimate of drug-likeness (QED) is 0.574. The molecule has 0 unspecified atom stereocenters. The minimum atomic E-state index is -1.06. The maximum Gasteiger partial charge on any atom is 2.00 e. The Bertz CT molecular complexity index is 376. The van der Waals surface area contributed by atoms with Crippen LogP contribution in [-0.4, -0.2) is 35.0 Å². The molecule has 0 aromatic rings. The number of allylic oxidation sites excluding steroid dienone is 6. The third-order valence-corrected chi connectivity index (χ3v) is 2.07. The maximum absolute atomic E-state index is 9.98. The van der Waals surface area contributed by atoms with Gasteiger partial charge in [0.05, 0.1) is 11.9 Å². The molecule has 5 heteroatoms. The van der Waals surface area contributed by atoms with Crippen molar-refractivity contribution in [1.82, 2.24) is 0 Å². The summed E-state index contributed by atoms with van der Waals surface area (Å²) in [6.07, 6.45) is 11.1. The first-order valence-electron chi connectivity index (χ1n) is 4.75. The Labute approximate surface area is 115 Å². The first kappa shape index (κ1) is 15.7. The molecule has 0 radical (unpaired) electrons. The van der Waals surface area contributed by atoms with Gasteiger partial charge in [0.2, 0.25) is 0 Å². The number of hydrogen-bond donors (Lipinski definition) is 0. The largest absolute Gasteiger partial charge is 2.00 e. The van der Waals surface area contributed by atoms with Crippen LogP contribution in [0.3, 0.4) is 0 Å². The molecule has 0 aliphatic heterocycles. The van der Waals surface area contributed by atoms with Crippen LogP contribution in [0.1, 0.15) is 12.8 Å². The molecule has 0 heterocycles. The summed E-state index contributed by atoms with van der Waals surface area (Å²) in [6, 6.07) is 0. The van der Waals surface area contributed by atoms with E-state index in [0.29, 0.717) is 24.0 Å². The maximum atomic E-state index is 9.98. The Hall–Kier alpha value is -1.33. The molecule has 2 aliphatic carbocycles. The molecule has 0 aromatic heterocycles. The summed E-state index contributed by atoms with van der Waals surface area (Å²) in [5.74, 6) is -2.12. The molecule has 0 atom stereocenters. The minimum absolute atomic E-state index is 0. The second kappa shape index (κ2) is 7.86. The zero-order valence-electron chi connectivity index (χ0n) is 9.22. The topological polar surface area (TPSA) is 80.3 Å². The van der Waals surface area contributed by atoms with E-state index in [1.807, 2.05) is 0 Å². The molecule has 2 rings (SSSR count). The molecule has 84 valence electrons. The summed E-state index contributed by atoms with van der Waals surface area (Å²) in [4.78, 5) is 20.0. The Morgan fingerprint density at radius 2 is 1.24 bits per heavy atom. The second-order valence-corrected chi connectivity index (χ2v) is 3.22. The van der Waals surface area contributed by atoms with Gasteiger partial charge in [-0.1, -0.05) is 36.5 Å². The number of rotatable bonds is 2. The molecule has 0 aromatic carbocycles. The van der Waals surface area contributed by atoms with Gasteiger partial charge in [0.25, 0.3) is 0 Å². The summed E-state index contributed by atoms with van der Waals surface area (Å²) < 4.78 is 0. The van der Waals surface area contributed by atoms with E-state index in [2.05, 4.69) is 0 Å². The standard InChI is InChI=1S/2C6H6O2.Mg/c2*7-6(8)5-3-1-2-4-5;/h2*1-3H,4H2,(H,7,8);/q;;+2/p-2. The van der Waals surface area contributed by atoms with Crippen molar-refractivity contribution >= 4 is 35.0 Å². The Balaban J connectivity index is 0.000000284. The fourth-order valence-electron chi connectivity index (χ4n) is 1.20. The van der Waals surface area contributed by atoms with Gasteiger partial charge in [0.1, 0.15) is 0 Å². The van der Waals surface area contributed by atoms with Crippen LogP contribution in [0.15, 0.2) is 47.6 Å². The van der Waals surface area contributed by atoms with Crippen molar-refractivity contribution in [1.29, 1.82) is 0 Å². The predicted molar refractivity (Wildman–Crippen MR) is 59.4 cm³/mol. The fourth-order valence-corrected chi connectivity index (χ4v) is 1.20. The van der Waals surface area contributed by atoms with Gasteiger partial charge in [-0.15, -0.1) is 0 Å². The van der Waals surface area contributed by atoms with Gasteiger partial charge in [-0.05, 0) is 24.0 Å². The van der Waals surface area contributed by atoms with E-state index in [1.54, 1.807) is 36.5 Å². The van der Waals surface area contributed by atoms with Crippen molar-refractivity contribution in [3.63, 3.8) is 0 Å². The molecule has 0 spiro atoms. The minimum Gasteiger partial charge on any atom is -0.545 e. The summed E-state index contributed by atoms with van der Waals surface area (Å²) in [6.45, 7) is 0. The van der Waals surface area contributed by atoms with E-state index in [9.17, 15) is 19.8 Å². The molecule has 0 amide bonds. The third-order valence-electron chi connectivity index (χ3n) is 2.07. The van der Waals surface area contributed by atoms with Gasteiger partial charge in [-0.2, -0.15) is 0 Å². The van der Waals surface area contributed by atoms with Crippen molar-refractivity contribution in [3.05, 3.63) is 47.6 Å². The first-order chi connectivity index (χ1) is 7.61. The van der Waals surface area contributed by atoms with Crippen LogP contribution >= 0.6 is 0 Å².